The lowest BCUT2D eigenvalue weighted by Crippen LogP contribution is -2.46. The molecule has 1 aliphatic rings. The second kappa shape index (κ2) is 9.11. The predicted octanol–water partition coefficient (Wildman–Crippen LogP) is 1.07. The van der Waals surface area contributed by atoms with Crippen LogP contribution in [0.1, 0.15) is 18.7 Å². The maximum Gasteiger partial charge on any atom is 0.221 e. The van der Waals surface area contributed by atoms with Crippen LogP contribution < -0.4 is 10.6 Å². The Hall–Kier alpha value is -2.21. The number of sulfone groups is 2. The Bertz CT molecular complexity index is 1110. The van der Waals surface area contributed by atoms with Crippen molar-refractivity contribution in [3.05, 3.63) is 48.4 Å². The number of benzene rings is 1. The van der Waals surface area contributed by atoms with Gasteiger partial charge in [-0.2, -0.15) is 0 Å². The molecule has 2 aromatic rings. The number of carbonyl (C=O) groups is 1. The van der Waals surface area contributed by atoms with Crippen molar-refractivity contribution >= 4 is 31.3 Å². The van der Waals surface area contributed by atoms with Gasteiger partial charge in [0.25, 0.3) is 0 Å². The summed E-state index contributed by atoms with van der Waals surface area (Å²) in [7, 11) is -3.70. The zero-order valence-corrected chi connectivity index (χ0v) is 19.2. The van der Waals surface area contributed by atoms with Gasteiger partial charge in [-0.3, -0.25) is 9.69 Å². The van der Waals surface area contributed by atoms with E-state index in [4.69, 9.17) is 4.42 Å². The zero-order valence-electron chi connectivity index (χ0n) is 17.6. The fraction of sp³-hybridized carbons (Fsp3) is 0.450. The maximum absolute atomic E-state index is 13.3. The summed E-state index contributed by atoms with van der Waals surface area (Å²) in [5.74, 6) is -0.257. The molecule has 11 heteroatoms. The average molecular weight is 470 g/mol. The Kier molecular flexibility index (Phi) is 6.89. The predicted molar refractivity (Wildman–Crippen MR) is 117 cm³/mol. The Balaban J connectivity index is 1.81. The number of nitrogens with one attached hydrogen (secondary N) is 2. The van der Waals surface area contributed by atoms with Crippen molar-refractivity contribution in [3.63, 3.8) is 0 Å². The van der Waals surface area contributed by atoms with E-state index in [1.165, 1.54) is 31.2 Å². The number of rotatable bonds is 8. The average Bonchev–Trinajstić information content (AvgIpc) is 3.29. The van der Waals surface area contributed by atoms with E-state index in [1.54, 1.807) is 12.3 Å². The summed E-state index contributed by atoms with van der Waals surface area (Å²) in [6.07, 6.45) is 1.56. The lowest BCUT2D eigenvalue weighted by Gasteiger charge is -2.26. The highest BCUT2D eigenvalue weighted by molar-refractivity contribution is 7.96. The van der Waals surface area contributed by atoms with Gasteiger partial charge in [0.05, 0.1) is 34.0 Å². The standard InChI is InChI=1S/C20H27N3O6S2/c1-14(24)22-15-6-8-16(9-7-15)31(27,28)20-13-30(25,26)12-17(20)21-11-18(23(2)3)19-5-4-10-29-19/h4-10,17-18,20-21H,11-13H2,1-3H3,(H,22,24)/t17-,18?,20-/m0/s1. The van der Waals surface area contributed by atoms with Crippen molar-refractivity contribution in [2.24, 2.45) is 0 Å². The van der Waals surface area contributed by atoms with E-state index in [0.717, 1.165) is 0 Å². The first-order chi connectivity index (χ1) is 14.5. The number of nitrogens with zero attached hydrogens (tertiary/aromatic N) is 1. The number of furan rings is 1. The van der Waals surface area contributed by atoms with Crippen molar-refractivity contribution in [1.29, 1.82) is 0 Å². The smallest absolute Gasteiger partial charge is 0.221 e. The molecule has 0 aliphatic carbocycles. The summed E-state index contributed by atoms with van der Waals surface area (Å²) in [5.41, 5.74) is 0.465. The molecule has 1 aliphatic heterocycles. The molecule has 9 nitrogen and oxygen atoms in total. The summed E-state index contributed by atoms with van der Waals surface area (Å²) in [6.45, 7) is 1.68. The first-order valence-corrected chi connectivity index (χ1v) is 13.1. The van der Waals surface area contributed by atoms with Gasteiger partial charge >= 0.3 is 0 Å². The number of hydrogen-bond acceptors (Lipinski definition) is 8. The number of amides is 1. The van der Waals surface area contributed by atoms with E-state index in [9.17, 15) is 21.6 Å². The number of carbonyl (C=O) groups excluding carboxylic acids is 1. The summed E-state index contributed by atoms with van der Waals surface area (Å²) in [6, 6.07) is 8.40. The van der Waals surface area contributed by atoms with Crippen LogP contribution >= 0.6 is 0 Å². The van der Waals surface area contributed by atoms with E-state index in [-0.39, 0.29) is 22.6 Å². The maximum atomic E-state index is 13.3. The van der Waals surface area contributed by atoms with Gasteiger partial charge in [0, 0.05) is 25.2 Å². The molecular formula is C20H27N3O6S2. The number of hydrogen-bond donors (Lipinski definition) is 2. The minimum atomic E-state index is -3.92. The fourth-order valence-electron chi connectivity index (χ4n) is 3.70. The molecule has 1 unspecified atom stereocenters. The van der Waals surface area contributed by atoms with Crippen LogP contribution in [0.4, 0.5) is 5.69 Å². The summed E-state index contributed by atoms with van der Waals surface area (Å²) in [4.78, 5) is 13.1. The molecule has 1 amide bonds. The molecule has 0 saturated carbocycles. The second-order valence-electron chi connectivity index (χ2n) is 7.88. The third-order valence-electron chi connectivity index (χ3n) is 5.27. The summed E-state index contributed by atoms with van der Waals surface area (Å²) >= 11 is 0. The van der Waals surface area contributed by atoms with Crippen LogP contribution in [-0.2, 0) is 24.5 Å². The van der Waals surface area contributed by atoms with Gasteiger partial charge in [-0.25, -0.2) is 16.8 Å². The van der Waals surface area contributed by atoms with E-state index < -0.39 is 36.7 Å². The molecule has 1 fully saturated rings. The van der Waals surface area contributed by atoms with E-state index in [1.807, 2.05) is 25.1 Å². The molecule has 3 rings (SSSR count). The highest BCUT2D eigenvalue weighted by atomic mass is 32.2. The molecule has 31 heavy (non-hydrogen) atoms. The topological polar surface area (TPSA) is 126 Å². The monoisotopic (exact) mass is 469 g/mol. The van der Waals surface area contributed by atoms with Crippen LogP contribution in [0.15, 0.2) is 52.0 Å². The summed E-state index contributed by atoms with van der Waals surface area (Å²) < 4.78 is 56.6. The molecule has 1 aromatic carbocycles. The van der Waals surface area contributed by atoms with Gasteiger partial charge in [0.2, 0.25) is 5.91 Å². The molecule has 3 atom stereocenters. The molecule has 1 saturated heterocycles. The van der Waals surface area contributed by atoms with E-state index in [2.05, 4.69) is 10.6 Å². The Labute approximate surface area is 182 Å². The molecule has 170 valence electrons. The lowest BCUT2D eigenvalue weighted by atomic mass is 10.2. The molecule has 2 heterocycles. The second-order valence-corrected chi connectivity index (χ2v) is 12.2. The molecule has 0 bridgehead atoms. The summed E-state index contributed by atoms with van der Waals surface area (Å²) in [5, 5.41) is 4.62. The van der Waals surface area contributed by atoms with Gasteiger partial charge in [0.1, 0.15) is 5.76 Å². The SMILES string of the molecule is CC(=O)Nc1ccc(S(=O)(=O)[C@H]2CS(=O)(=O)C[C@@H]2NCC(c2ccco2)N(C)C)cc1. The fourth-order valence-corrected chi connectivity index (χ4v) is 8.42. The van der Waals surface area contributed by atoms with Crippen LogP contribution in [0, 0.1) is 0 Å². The van der Waals surface area contributed by atoms with Crippen molar-refractivity contribution in [3.8, 4) is 0 Å². The minimum absolute atomic E-state index is 0.0192. The third-order valence-corrected chi connectivity index (χ3v) is 9.44. The van der Waals surface area contributed by atoms with Crippen molar-refractivity contribution in [1.82, 2.24) is 10.2 Å². The van der Waals surface area contributed by atoms with Crippen LogP contribution in [0.25, 0.3) is 0 Å². The molecule has 1 aromatic heterocycles. The van der Waals surface area contributed by atoms with Crippen molar-refractivity contribution in [2.45, 2.75) is 29.2 Å². The molecule has 2 N–H and O–H groups in total. The Morgan fingerprint density at radius 1 is 1.19 bits per heavy atom. The normalized spacial score (nSPS) is 21.8. The third kappa shape index (κ3) is 5.53. The first kappa shape index (κ1) is 23.5. The largest absolute Gasteiger partial charge is 0.468 e. The van der Waals surface area contributed by atoms with Crippen LogP contribution in [0.2, 0.25) is 0 Å². The van der Waals surface area contributed by atoms with Gasteiger partial charge in [-0.15, -0.1) is 0 Å². The highest BCUT2D eigenvalue weighted by Crippen LogP contribution is 2.28. The lowest BCUT2D eigenvalue weighted by molar-refractivity contribution is -0.114. The van der Waals surface area contributed by atoms with Gasteiger partial charge in [0.15, 0.2) is 19.7 Å². The minimum Gasteiger partial charge on any atom is -0.468 e. The van der Waals surface area contributed by atoms with Crippen molar-refractivity contribution < 1.29 is 26.0 Å². The molecule has 0 spiro atoms. The van der Waals surface area contributed by atoms with E-state index in [0.29, 0.717) is 18.0 Å². The van der Waals surface area contributed by atoms with Gasteiger partial charge in [-0.1, -0.05) is 0 Å². The quantitative estimate of drug-likeness (QED) is 0.588. The zero-order chi connectivity index (χ0) is 22.8. The van der Waals surface area contributed by atoms with Gasteiger partial charge < -0.3 is 15.1 Å². The highest BCUT2D eigenvalue weighted by Gasteiger charge is 2.45. The van der Waals surface area contributed by atoms with E-state index >= 15 is 0 Å². The van der Waals surface area contributed by atoms with Gasteiger partial charge in [-0.05, 0) is 50.5 Å². The number of anilines is 1. The molecular weight excluding hydrogens is 442 g/mol. The number of likely N-dealkylation sites (N-methyl/N-ethyl adjacent to an activating group) is 1. The van der Waals surface area contributed by atoms with Crippen LogP contribution in [-0.4, -0.2) is 71.1 Å². The van der Waals surface area contributed by atoms with Crippen LogP contribution in [0.5, 0.6) is 0 Å². The Morgan fingerprint density at radius 2 is 1.87 bits per heavy atom. The Morgan fingerprint density at radius 3 is 2.42 bits per heavy atom. The van der Waals surface area contributed by atoms with Crippen molar-refractivity contribution in [2.75, 3.05) is 37.5 Å². The van der Waals surface area contributed by atoms with Crippen LogP contribution in [0.3, 0.4) is 0 Å². The first-order valence-electron chi connectivity index (χ1n) is 9.75. The molecule has 0 radical (unpaired) electrons.